The monoisotopic (exact) mass is 193 g/mol. The van der Waals surface area contributed by atoms with Gasteiger partial charge in [-0.2, -0.15) is 0 Å². The van der Waals surface area contributed by atoms with Crippen molar-refractivity contribution in [3.05, 3.63) is 17.7 Å². The summed E-state index contributed by atoms with van der Waals surface area (Å²) in [5, 5.41) is 18.8. The molecule has 0 saturated heterocycles. The van der Waals surface area contributed by atoms with E-state index in [9.17, 15) is 15.0 Å². The summed E-state index contributed by atoms with van der Waals surface area (Å²) in [7, 11) is 1.66. The van der Waals surface area contributed by atoms with Gasteiger partial charge in [0.1, 0.15) is 0 Å². The van der Waals surface area contributed by atoms with Gasteiger partial charge in [0.05, 0.1) is 5.69 Å². The summed E-state index contributed by atoms with van der Waals surface area (Å²) < 4.78 is 0. The molecule has 1 amide bonds. The highest BCUT2D eigenvalue weighted by molar-refractivity contribution is 5.96. The molecule has 0 unspecified atom stereocenters. The van der Waals surface area contributed by atoms with Gasteiger partial charge in [0.2, 0.25) is 5.91 Å². The van der Waals surface area contributed by atoms with Crippen LogP contribution in [0.25, 0.3) is 0 Å². The largest absolute Gasteiger partial charge is 0.504 e. The highest BCUT2D eigenvalue weighted by Gasteiger charge is 2.24. The van der Waals surface area contributed by atoms with Crippen molar-refractivity contribution < 1.29 is 15.0 Å². The first-order chi connectivity index (χ1) is 6.61. The minimum absolute atomic E-state index is 0.0302. The summed E-state index contributed by atoms with van der Waals surface area (Å²) in [6, 6.07) is 3.03. The Kier molecular flexibility index (Phi) is 1.84. The molecule has 2 N–H and O–H groups in total. The van der Waals surface area contributed by atoms with Gasteiger partial charge >= 0.3 is 0 Å². The summed E-state index contributed by atoms with van der Waals surface area (Å²) in [5.41, 5.74) is 1.32. The molecule has 2 rings (SSSR count). The van der Waals surface area contributed by atoms with E-state index >= 15 is 0 Å². The van der Waals surface area contributed by atoms with Gasteiger partial charge in [0, 0.05) is 19.0 Å². The predicted octanol–water partition coefficient (Wildman–Crippen LogP) is 1.01. The van der Waals surface area contributed by atoms with Gasteiger partial charge < -0.3 is 15.1 Å². The van der Waals surface area contributed by atoms with E-state index in [4.69, 9.17) is 0 Å². The van der Waals surface area contributed by atoms with Gasteiger partial charge in [0.25, 0.3) is 0 Å². The minimum Gasteiger partial charge on any atom is -0.504 e. The Labute approximate surface area is 81.4 Å². The Morgan fingerprint density at radius 1 is 1.29 bits per heavy atom. The molecular formula is C10H11NO3. The first-order valence-electron chi connectivity index (χ1n) is 4.41. The van der Waals surface area contributed by atoms with Gasteiger partial charge in [-0.25, -0.2) is 0 Å². The smallest absolute Gasteiger partial charge is 0.227 e. The van der Waals surface area contributed by atoms with Crippen LogP contribution in [-0.2, 0) is 11.2 Å². The fourth-order valence-electron chi connectivity index (χ4n) is 1.71. The van der Waals surface area contributed by atoms with Crippen LogP contribution in [0.5, 0.6) is 11.5 Å². The lowest BCUT2D eigenvalue weighted by Crippen LogP contribution is -2.30. The van der Waals surface area contributed by atoms with Gasteiger partial charge in [-0.1, -0.05) is 0 Å². The van der Waals surface area contributed by atoms with Crippen molar-refractivity contribution in [3.8, 4) is 11.5 Å². The molecule has 0 saturated carbocycles. The molecule has 4 heteroatoms. The number of carbonyl (C=O) groups is 1. The van der Waals surface area contributed by atoms with E-state index in [1.165, 1.54) is 11.0 Å². The molecule has 0 aromatic heterocycles. The van der Waals surface area contributed by atoms with E-state index in [0.717, 1.165) is 0 Å². The molecule has 1 aromatic carbocycles. The second-order valence-corrected chi connectivity index (χ2v) is 3.38. The second kappa shape index (κ2) is 2.90. The second-order valence-electron chi connectivity index (χ2n) is 3.38. The topological polar surface area (TPSA) is 60.8 Å². The molecule has 0 atom stereocenters. The number of aromatic hydroxyl groups is 2. The van der Waals surface area contributed by atoms with E-state index in [2.05, 4.69) is 0 Å². The molecule has 14 heavy (non-hydrogen) atoms. The molecule has 0 bridgehead atoms. The number of anilines is 1. The van der Waals surface area contributed by atoms with Crippen LogP contribution in [0, 0.1) is 0 Å². The van der Waals surface area contributed by atoms with Gasteiger partial charge in [-0.05, 0) is 18.6 Å². The molecule has 0 fully saturated rings. The van der Waals surface area contributed by atoms with Crippen molar-refractivity contribution in [3.63, 3.8) is 0 Å². The number of hydrogen-bond donors (Lipinski definition) is 2. The lowest BCUT2D eigenvalue weighted by Gasteiger charge is -2.26. The maximum atomic E-state index is 11.3. The quantitative estimate of drug-likeness (QED) is 0.604. The van der Waals surface area contributed by atoms with E-state index in [-0.39, 0.29) is 17.4 Å². The molecule has 0 spiro atoms. The molecule has 0 aliphatic carbocycles. The highest BCUT2D eigenvalue weighted by Crippen LogP contribution is 2.38. The summed E-state index contributed by atoms with van der Waals surface area (Å²) >= 11 is 0. The van der Waals surface area contributed by atoms with E-state index in [1.54, 1.807) is 13.1 Å². The molecule has 74 valence electrons. The number of hydrogen-bond acceptors (Lipinski definition) is 3. The number of nitrogens with zero attached hydrogens (tertiary/aromatic N) is 1. The summed E-state index contributed by atoms with van der Waals surface area (Å²) in [6.07, 6.45) is 0.860. The maximum absolute atomic E-state index is 11.3. The lowest BCUT2D eigenvalue weighted by molar-refractivity contribution is -0.118. The Bertz CT molecular complexity index is 401. The highest BCUT2D eigenvalue weighted by atomic mass is 16.3. The third-order valence-electron chi connectivity index (χ3n) is 2.56. The van der Waals surface area contributed by atoms with Crippen LogP contribution in [0.2, 0.25) is 0 Å². The zero-order valence-electron chi connectivity index (χ0n) is 7.82. The van der Waals surface area contributed by atoms with Crippen LogP contribution in [0.15, 0.2) is 12.1 Å². The number of carbonyl (C=O) groups excluding carboxylic acids is 1. The average Bonchev–Trinajstić information content (AvgIpc) is 2.17. The minimum atomic E-state index is -0.133. The van der Waals surface area contributed by atoms with E-state index in [0.29, 0.717) is 24.1 Å². The van der Waals surface area contributed by atoms with Gasteiger partial charge in [0.15, 0.2) is 11.5 Å². The number of fused-ring (bicyclic) bond motifs is 1. The normalized spacial score (nSPS) is 15.5. The Balaban J connectivity index is 2.59. The van der Waals surface area contributed by atoms with Crippen molar-refractivity contribution in [2.24, 2.45) is 0 Å². The van der Waals surface area contributed by atoms with E-state index < -0.39 is 0 Å². The predicted molar refractivity (Wildman–Crippen MR) is 51.5 cm³/mol. The van der Waals surface area contributed by atoms with Crippen molar-refractivity contribution in [2.45, 2.75) is 12.8 Å². The molecule has 4 nitrogen and oxygen atoms in total. The van der Waals surface area contributed by atoms with Crippen LogP contribution in [0.1, 0.15) is 12.0 Å². The Hall–Kier alpha value is -1.71. The van der Waals surface area contributed by atoms with E-state index in [1.807, 2.05) is 0 Å². The zero-order chi connectivity index (χ0) is 10.3. The van der Waals surface area contributed by atoms with Gasteiger partial charge in [-0.15, -0.1) is 0 Å². The summed E-state index contributed by atoms with van der Waals surface area (Å²) in [5.74, 6) is -0.212. The third-order valence-corrected chi connectivity index (χ3v) is 2.56. The molecule has 1 aromatic rings. The van der Waals surface area contributed by atoms with Gasteiger partial charge in [-0.3, -0.25) is 4.79 Å². The van der Waals surface area contributed by atoms with Crippen molar-refractivity contribution in [1.82, 2.24) is 0 Å². The molecule has 1 aliphatic rings. The molecule has 1 heterocycles. The lowest BCUT2D eigenvalue weighted by atomic mass is 10.0. The van der Waals surface area contributed by atoms with Crippen LogP contribution in [0.4, 0.5) is 5.69 Å². The third kappa shape index (κ3) is 1.11. The summed E-state index contributed by atoms with van der Waals surface area (Å²) in [6.45, 7) is 0. The number of amides is 1. The van der Waals surface area contributed by atoms with Crippen LogP contribution < -0.4 is 4.90 Å². The van der Waals surface area contributed by atoms with Crippen molar-refractivity contribution >= 4 is 11.6 Å². The first-order valence-corrected chi connectivity index (χ1v) is 4.41. The Morgan fingerprint density at radius 3 is 2.71 bits per heavy atom. The SMILES string of the molecule is CN1C(=O)CCc2c1ccc(O)c2O. The van der Waals surface area contributed by atoms with Crippen LogP contribution in [0.3, 0.4) is 0 Å². The van der Waals surface area contributed by atoms with Crippen LogP contribution >= 0.6 is 0 Å². The Morgan fingerprint density at radius 2 is 2.00 bits per heavy atom. The fraction of sp³-hybridized carbons (Fsp3) is 0.300. The standard InChI is InChI=1S/C10H11NO3/c1-11-7-3-4-8(12)10(14)6(7)2-5-9(11)13/h3-4,12,14H,2,5H2,1H3. The maximum Gasteiger partial charge on any atom is 0.227 e. The number of phenols is 2. The number of benzene rings is 1. The first kappa shape index (κ1) is 8.87. The molecule has 1 aliphatic heterocycles. The number of phenolic OH excluding ortho intramolecular Hbond substituents is 2. The zero-order valence-corrected chi connectivity index (χ0v) is 7.82. The number of rotatable bonds is 0. The van der Waals surface area contributed by atoms with Crippen LogP contribution in [-0.4, -0.2) is 23.2 Å². The van der Waals surface area contributed by atoms with Crippen molar-refractivity contribution in [2.75, 3.05) is 11.9 Å². The fourth-order valence-corrected chi connectivity index (χ4v) is 1.71. The molecular weight excluding hydrogens is 182 g/mol. The van der Waals surface area contributed by atoms with Crippen molar-refractivity contribution in [1.29, 1.82) is 0 Å². The summed E-state index contributed by atoms with van der Waals surface area (Å²) in [4.78, 5) is 12.8. The average molecular weight is 193 g/mol. The molecule has 0 radical (unpaired) electrons.